The van der Waals surface area contributed by atoms with Crippen LogP contribution < -0.4 is 10.6 Å². The molecule has 2 rings (SSSR count). The largest absolute Gasteiger partial charge is 0.378 e. The summed E-state index contributed by atoms with van der Waals surface area (Å²) in [5.74, 6) is -0.368. The summed E-state index contributed by atoms with van der Waals surface area (Å²) in [5.41, 5.74) is 6.12. The number of amides is 1. The van der Waals surface area contributed by atoms with Crippen LogP contribution in [0.1, 0.15) is 32.1 Å². The highest BCUT2D eigenvalue weighted by atomic mass is 19.1. The van der Waals surface area contributed by atoms with Crippen LogP contribution in [0, 0.1) is 5.82 Å². The molecular formula is C16H23FN2O2. The zero-order valence-electron chi connectivity index (χ0n) is 12.3. The number of halogens is 1. The van der Waals surface area contributed by atoms with Crippen molar-refractivity contribution in [1.82, 2.24) is 0 Å². The predicted octanol–water partition coefficient (Wildman–Crippen LogP) is 2.47. The van der Waals surface area contributed by atoms with Crippen LogP contribution in [0.15, 0.2) is 24.3 Å². The maximum atomic E-state index is 13.4. The van der Waals surface area contributed by atoms with Gasteiger partial charge in [-0.15, -0.1) is 0 Å². The average Bonchev–Trinajstić information content (AvgIpc) is 2.49. The number of carbonyl (C=O) groups is 1. The van der Waals surface area contributed by atoms with Crippen molar-refractivity contribution < 1.29 is 13.9 Å². The van der Waals surface area contributed by atoms with Crippen molar-refractivity contribution in [3.8, 4) is 0 Å². The van der Waals surface area contributed by atoms with E-state index in [1.54, 1.807) is 17.0 Å². The Morgan fingerprint density at radius 2 is 2.29 bits per heavy atom. The van der Waals surface area contributed by atoms with E-state index in [1.165, 1.54) is 12.1 Å². The molecule has 5 heteroatoms. The molecule has 4 nitrogen and oxygen atoms in total. The molecule has 1 aromatic carbocycles. The molecule has 1 aromatic rings. The van der Waals surface area contributed by atoms with Gasteiger partial charge in [0.2, 0.25) is 5.91 Å². The van der Waals surface area contributed by atoms with E-state index in [9.17, 15) is 9.18 Å². The second-order valence-electron chi connectivity index (χ2n) is 5.36. The normalized spacial score (nSPS) is 18.5. The Kier molecular flexibility index (Phi) is 6.14. The standard InChI is InChI=1S/C16H23FN2O2/c17-13-5-3-6-14(11-13)19(9-4-8-18)16(20)12-15-7-1-2-10-21-15/h3,5-6,11,15H,1-2,4,7-10,12,18H2. The van der Waals surface area contributed by atoms with Gasteiger partial charge in [0.1, 0.15) is 5.82 Å². The van der Waals surface area contributed by atoms with Crippen molar-refractivity contribution in [1.29, 1.82) is 0 Å². The molecule has 1 unspecified atom stereocenters. The Balaban J connectivity index is 2.05. The van der Waals surface area contributed by atoms with E-state index in [2.05, 4.69) is 0 Å². The van der Waals surface area contributed by atoms with Crippen molar-refractivity contribution in [3.63, 3.8) is 0 Å². The van der Waals surface area contributed by atoms with Crippen LogP contribution in [-0.4, -0.2) is 31.7 Å². The number of carbonyl (C=O) groups excluding carboxylic acids is 1. The summed E-state index contributed by atoms with van der Waals surface area (Å²) < 4.78 is 19.0. The lowest BCUT2D eigenvalue weighted by atomic mass is 10.1. The van der Waals surface area contributed by atoms with Gasteiger partial charge in [-0.25, -0.2) is 4.39 Å². The second-order valence-corrected chi connectivity index (χ2v) is 5.36. The minimum atomic E-state index is -0.341. The van der Waals surface area contributed by atoms with Crippen LogP contribution in [-0.2, 0) is 9.53 Å². The fourth-order valence-corrected chi connectivity index (χ4v) is 2.56. The Bertz CT molecular complexity index is 461. The third kappa shape index (κ3) is 4.79. The summed E-state index contributed by atoms with van der Waals surface area (Å²) in [7, 11) is 0. The SMILES string of the molecule is NCCCN(C(=O)CC1CCCCO1)c1cccc(F)c1. The van der Waals surface area contributed by atoms with Crippen LogP contribution >= 0.6 is 0 Å². The van der Waals surface area contributed by atoms with Gasteiger partial charge in [0.15, 0.2) is 0 Å². The minimum absolute atomic E-state index is 0.0137. The fourth-order valence-electron chi connectivity index (χ4n) is 2.56. The lowest BCUT2D eigenvalue weighted by Gasteiger charge is -2.27. The molecule has 0 spiro atoms. The molecule has 116 valence electrons. The predicted molar refractivity (Wildman–Crippen MR) is 80.6 cm³/mol. The molecule has 1 aliphatic rings. The summed E-state index contributed by atoms with van der Waals surface area (Å²) in [6.45, 7) is 1.73. The van der Waals surface area contributed by atoms with Gasteiger partial charge in [-0.2, -0.15) is 0 Å². The number of nitrogens with zero attached hydrogens (tertiary/aromatic N) is 1. The maximum Gasteiger partial charge on any atom is 0.229 e. The van der Waals surface area contributed by atoms with Gasteiger partial charge in [0, 0.05) is 18.8 Å². The number of ether oxygens (including phenoxy) is 1. The van der Waals surface area contributed by atoms with E-state index in [4.69, 9.17) is 10.5 Å². The number of nitrogens with two attached hydrogens (primary N) is 1. The molecule has 0 radical (unpaired) electrons. The van der Waals surface area contributed by atoms with Gasteiger partial charge >= 0.3 is 0 Å². The molecule has 2 N–H and O–H groups in total. The molecule has 1 amide bonds. The first-order valence-corrected chi connectivity index (χ1v) is 7.58. The van der Waals surface area contributed by atoms with Gasteiger partial charge in [-0.05, 0) is 50.4 Å². The second kappa shape index (κ2) is 8.10. The minimum Gasteiger partial charge on any atom is -0.378 e. The Labute approximate surface area is 125 Å². The molecule has 1 saturated heterocycles. The molecule has 1 heterocycles. The van der Waals surface area contributed by atoms with Gasteiger partial charge in [0.05, 0.1) is 12.5 Å². The van der Waals surface area contributed by atoms with E-state index in [-0.39, 0.29) is 17.8 Å². The first-order chi connectivity index (χ1) is 10.2. The van der Waals surface area contributed by atoms with E-state index >= 15 is 0 Å². The summed E-state index contributed by atoms with van der Waals surface area (Å²) in [5, 5.41) is 0. The van der Waals surface area contributed by atoms with Gasteiger partial charge in [-0.1, -0.05) is 6.07 Å². The Morgan fingerprint density at radius 3 is 2.95 bits per heavy atom. The van der Waals surface area contributed by atoms with E-state index in [1.807, 2.05) is 0 Å². The Hall–Kier alpha value is -1.46. The van der Waals surface area contributed by atoms with Crippen molar-refractivity contribution in [2.75, 3.05) is 24.6 Å². The van der Waals surface area contributed by atoms with Crippen molar-refractivity contribution in [2.45, 2.75) is 38.2 Å². The number of hydrogen-bond donors (Lipinski definition) is 1. The number of anilines is 1. The van der Waals surface area contributed by atoms with Crippen LogP contribution in [0.4, 0.5) is 10.1 Å². The number of benzene rings is 1. The zero-order valence-corrected chi connectivity index (χ0v) is 12.3. The van der Waals surface area contributed by atoms with Crippen LogP contribution in [0.25, 0.3) is 0 Å². The average molecular weight is 294 g/mol. The quantitative estimate of drug-likeness (QED) is 0.877. The highest BCUT2D eigenvalue weighted by Crippen LogP contribution is 2.21. The molecule has 1 atom stereocenters. The number of hydrogen-bond acceptors (Lipinski definition) is 3. The molecule has 1 aliphatic heterocycles. The summed E-state index contributed by atoms with van der Waals surface area (Å²) >= 11 is 0. The molecule has 21 heavy (non-hydrogen) atoms. The zero-order chi connectivity index (χ0) is 15.1. The Morgan fingerprint density at radius 1 is 1.43 bits per heavy atom. The van der Waals surface area contributed by atoms with E-state index in [0.29, 0.717) is 31.6 Å². The van der Waals surface area contributed by atoms with Crippen LogP contribution in [0.2, 0.25) is 0 Å². The molecule has 1 fully saturated rings. The summed E-state index contributed by atoms with van der Waals surface area (Å²) in [6.07, 6.45) is 4.10. The lowest BCUT2D eigenvalue weighted by molar-refractivity contribution is -0.122. The van der Waals surface area contributed by atoms with Crippen molar-refractivity contribution >= 4 is 11.6 Å². The van der Waals surface area contributed by atoms with Gasteiger partial charge in [-0.3, -0.25) is 4.79 Å². The van der Waals surface area contributed by atoms with Gasteiger partial charge < -0.3 is 15.4 Å². The molecule has 0 aromatic heterocycles. The first kappa shape index (κ1) is 15.9. The maximum absolute atomic E-state index is 13.4. The molecular weight excluding hydrogens is 271 g/mol. The highest BCUT2D eigenvalue weighted by Gasteiger charge is 2.22. The summed E-state index contributed by atoms with van der Waals surface area (Å²) in [6, 6.07) is 6.12. The summed E-state index contributed by atoms with van der Waals surface area (Å²) in [4.78, 5) is 14.1. The van der Waals surface area contributed by atoms with Gasteiger partial charge in [0.25, 0.3) is 0 Å². The number of rotatable bonds is 6. The van der Waals surface area contributed by atoms with Crippen LogP contribution in [0.3, 0.4) is 0 Å². The molecule has 0 bridgehead atoms. The van der Waals surface area contributed by atoms with E-state index < -0.39 is 0 Å². The van der Waals surface area contributed by atoms with Crippen molar-refractivity contribution in [2.24, 2.45) is 5.73 Å². The third-order valence-corrected chi connectivity index (χ3v) is 3.68. The lowest BCUT2D eigenvalue weighted by Crippen LogP contribution is -2.36. The van der Waals surface area contributed by atoms with Crippen molar-refractivity contribution in [3.05, 3.63) is 30.1 Å². The monoisotopic (exact) mass is 294 g/mol. The smallest absolute Gasteiger partial charge is 0.229 e. The topological polar surface area (TPSA) is 55.6 Å². The van der Waals surface area contributed by atoms with E-state index in [0.717, 1.165) is 25.9 Å². The fraction of sp³-hybridized carbons (Fsp3) is 0.562. The highest BCUT2D eigenvalue weighted by molar-refractivity contribution is 5.93. The first-order valence-electron chi connectivity index (χ1n) is 7.58. The third-order valence-electron chi connectivity index (χ3n) is 3.68. The molecule has 0 saturated carbocycles. The molecule has 0 aliphatic carbocycles. The van der Waals surface area contributed by atoms with Crippen LogP contribution in [0.5, 0.6) is 0 Å².